The Morgan fingerprint density at radius 1 is 0.380 bits per heavy atom. The van der Waals surface area contributed by atoms with Gasteiger partial charge >= 0.3 is 19.8 Å². The van der Waals surface area contributed by atoms with Gasteiger partial charge in [0.1, 0.15) is 6.61 Å². The second-order valence-corrected chi connectivity index (χ2v) is 22.7. The first-order chi connectivity index (χ1) is 38.8. The number of carbonyl (C=O) groups is 2. The van der Waals surface area contributed by atoms with E-state index in [-0.39, 0.29) is 32.6 Å². The monoisotopic (exact) mass is 1120 g/mol. The van der Waals surface area contributed by atoms with Crippen LogP contribution >= 0.6 is 7.82 Å². The normalized spacial score (nSPS) is 13.7. The van der Waals surface area contributed by atoms with Crippen molar-refractivity contribution in [2.75, 3.05) is 26.4 Å². The number of phosphoric acid groups is 1. The first-order valence-corrected chi connectivity index (χ1v) is 33.9. The first kappa shape index (κ1) is 75.7. The molecule has 0 amide bonds. The van der Waals surface area contributed by atoms with Gasteiger partial charge in [-0.25, -0.2) is 4.57 Å². The van der Waals surface area contributed by atoms with Gasteiger partial charge in [-0.05, 0) is 89.9 Å². The van der Waals surface area contributed by atoms with Gasteiger partial charge in [-0.15, -0.1) is 0 Å². The highest BCUT2D eigenvalue weighted by molar-refractivity contribution is 7.47. The smallest absolute Gasteiger partial charge is 0.462 e. The van der Waals surface area contributed by atoms with Crippen LogP contribution in [0.2, 0.25) is 0 Å². The standard InChI is InChI=1S/C69H120NO8P/c1-3-5-7-9-11-13-15-17-19-21-22-23-24-25-26-27-28-29-30-31-32-33-34-35-36-37-38-39-40-41-42-43-44-46-47-49-51-53-55-57-59-61-68(71)75-65-67(66-77-79(73,74)76-64-63-70)78-69(72)62-60-58-56-54-52-50-48-45-20-18-16-14-12-10-8-6-4-2/h5-8,11-14,17-20,22-23,48,50,54,56,67H,3-4,9-10,15-16,21,24-47,49,51-53,55,57-66,70H2,1-2H3,(H,73,74)/b7-5-,8-6-,13-11-,14-12-,19-17-,20-18-,23-22-,50-48-,56-54-. The lowest BCUT2D eigenvalue weighted by Crippen LogP contribution is -2.29. The molecule has 0 aromatic rings. The van der Waals surface area contributed by atoms with Crippen LogP contribution in [0.1, 0.15) is 284 Å². The summed E-state index contributed by atoms with van der Waals surface area (Å²) in [6, 6.07) is 0. The molecular weight excluding hydrogens is 1000 g/mol. The van der Waals surface area contributed by atoms with Gasteiger partial charge < -0.3 is 20.1 Å². The number of allylic oxidation sites excluding steroid dienone is 18. The molecule has 0 heterocycles. The van der Waals surface area contributed by atoms with Crippen molar-refractivity contribution in [2.24, 2.45) is 5.73 Å². The fourth-order valence-electron chi connectivity index (χ4n) is 8.96. The molecule has 2 atom stereocenters. The molecule has 0 bridgehead atoms. The molecule has 0 radical (unpaired) electrons. The highest BCUT2D eigenvalue weighted by atomic mass is 31.2. The number of nitrogens with two attached hydrogens (primary N) is 1. The van der Waals surface area contributed by atoms with Gasteiger partial charge in [-0.1, -0.05) is 290 Å². The molecule has 79 heavy (non-hydrogen) atoms. The summed E-state index contributed by atoms with van der Waals surface area (Å²) in [5.41, 5.74) is 5.38. The van der Waals surface area contributed by atoms with Gasteiger partial charge in [0.25, 0.3) is 0 Å². The van der Waals surface area contributed by atoms with Gasteiger partial charge in [0.05, 0.1) is 13.2 Å². The summed E-state index contributed by atoms with van der Waals surface area (Å²) in [5.74, 6) is -0.892. The van der Waals surface area contributed by atoms with Crippen molar-refractivity contribution < 1.29 is 37.6 Å². The van der Waals surface area contributed by atoms with E-state index in [1.54, 1.807) is 0 Å². The van der Waals surface area contributed by atoms with E-state index < -0.39 is 32.5 Å². The van der Waals surface area contributed by atoms with Crippen LogP contribution in [-0.2, 0) is 32.7 Å². The minimum Gasteiger partial charge on any atom is -0.462 e. The Balaban J connectivity index is 3.79. The maximum absolute atomic E-state index is 12.7. The number of ether oxygens (including phenoxy) is 2. The third-order valence-corrected chi connectivity index (χ3v) is 14.6. The lowest BCUT2D eigenvalue weighted by molar-refractivity contribution is -0.161. The summed E-state index contributed by atoms with van der Waals surface area (Å²) in [4.78, 5) is 35.1. The van der Waals surface area contributed by atoms with Crippen molar-refractivity contribution in [2.45, 2.75) is 290 Å². The molecule has 0 rings (SSSR count). The van der Waals surface area contributed by atoms with Gasteiger partial charge in [0, 0.05) is 19.4 Å². The molecule has 0 aliphatic heterocycles. The maximum Gasteiger partial charge on any atom is 0.472 e. The maximum atomic E-state index is 12.7. The lowest BCUT2D eigenvalue weighted by atomic mass is 10.0. The second kappa shape index (κ2) is 63.8. The predicted molar refractivity (Wildman–Crippen MR) is 339 cm³/mol. The highest BCUT2D eigenvalue weighted by Crippen LogP contribution is 2.43. The Morgan fingerprint density at radius 2 is 0.671 bits per heavy atom. The van der Waals surface area contributed by atoms with E-state index in [1.807, 2.05) is 6.08 Å². The topological polar surface area (TPSA) is 134 Å². The van der Waals surface area contributed by atoms with Gasteiger partial charge in [-0.3, -0.25) is 18.6 Å². The third kappa shape index (κ3) is 63.7. The fraction of sp³-hybridized carbons (Fsp3) is 0.710. The van der Waals surface area contributed by atoms with Gasteiger partial charge in [-0.2, -0.15) is 0 Å². The zero-order chi connectivity index (χ0) is 57.3. The predicted octanol–water partition coefficient (Wildman–Crippen LogP) is 21.0. The van der Waals surface area contributed by atoms with Crippen LogP contribution in [0.5, 0.6) is 0 Å². The van der Waals surface area contributed by atoms with E-state index in [2.05, 4.69) is 117 Å². The van der Waals surface area contributed by atoms with E-state index in [9.17, 15) is 19.0 Å². The Morgan fingerprint density at radius 3 is 1.01 bits per heavy atom. The average Bonchev–Trinajstić information content (AvgIpc) is 3.44. The van der Waals surface area contributed by atoms with Crippen molar-refractivity contribution >= 4 is 19.8 Å². The molecule has 0 aliphatic rings. The van der Waals surface area contributed by atoms with Crippen molar-refractivity contribution in [3.05, 3.63) is 109 Å². The number of esters is 2. The van der Waals surface area contributed by atoms with Crippen LogP contribution in [0.4, 0.5) is 0 Å². The minimum absolute atomic E-state index is 0.0414. The molecule has 0 fully saturated rings. The van der Waals surface area contributed by atoms with Gasteiger partial charge in [0.15, 0.2) is 6.10 Å². The van der Waals surface area contributed by atoms with Crippen LogP contribution in [0.15, 0.2) is 109 Å². The summed E-state index contributed by atoms with van der Waals surface area (Å²) >= 11 is 0. The van der Waals surface area contributed by atoms with Crippen molar-refractivity contribution in [1.82, 2.24) is 0 Å². The number of rotatable bonds is 60. The molecule has 0 saturated carbocycles. The number of hydrogen-bond donors (Lipinski definition) is 2. The number of carbonyl (C=O) groups excluding carboxylic acids is 2. The van der Waals surface area contributed by atoms with E-state index in [1.165, 1.54) is 167 Å². The molecule has 2 unspecified atom stereocenters. The highest BCUT2D eigenvalue weighted by Gasteiger charge is 2.26. The molecule has 0 saturated heterocycles. The van der Waals surface area contributed by atoms with Crippen LogP contribution in [-0.4, -0.2) is 49.3 Å². The zero-order valence-corrected chi connectivity index (χ0v) is 51.7. The molecule has 10 heteroatoms. The quantitative estimate of drug-likeness (QED) is 0.0264. The third-order valence-electron chi connectivity index (χ3n) is 13.7. The molecule has 454 valence electrons. The minimum atomic E-state index is -4.41. The largest absolute Gasteiger partial charge is 0.472 e. The van der Waals surface area contributed by atoms with Crippen molar-refractivity contribution in [1.29, 1.82) is 0 Å². The van der Waals surface area contributed by atoms with Crippen molar-refractivity contribution in [3.8, 4) is 0 Å². The molecular formula is C69H120NO8P. The van der Waals surface area contributed by atoms with E-state index >= 15 is 0 Å². The van der Waals surface area contributed by atoms with Crippen LogP contribution < -0.4 is 5.73 Å². The number of hydrogen-bond acceptors (Lipinski definition) is 8. The van der Waals surface area contributed by atoms with Crippen molar-refractivity contribution in [3.63, 3.8) is 0 Å². The van der Waals surface area contributed by atoms with E-state index in [0.29, 0.717) is 12.8 Å². The number of phosphoric ester groups is 1. The Labute approximate surface area is 486 Å². The average molecular weight is 1120 g/mol. The molecule has 0 aromatic carbocycles. The molecule has 0 spiro atoms. The Hall–Kier alpha value is -3.33. The molecule has 0 aliphatic carbocycles. The Kier molecular flexibility index (Phi) is 61.2. The SMILES string of the molecule is CC/C=C\C/C=C\C/C=C\C/C=C\C/C=C\CCCC(=O)OC(COC(=O)CCCCCCCCCCCCCCCCCCCCCCCCCCCCCC/C=C\C/C=C\C/C=C\C/C=C\CC)COP(=O)(O)OCCN. The van der Waals surface area contributed by atoms with Crippen LogP contribution in [0, 0.1) is 0 Å². The lowest BCUT2D eigenvalue weighted by Gasteiger charge is -2.19. The molecule has 0 aromatic heterocycles. The second-order valence-electron chi connectivity index (χ2n) is 21.2. The van der Waals surface area contributed by atoms with Gasteiger partial charge in [0.2, 0.25) is 0 Å². The summed E-state index contributed by atoms with van der Waals surface area (Å²) < 4.78 is 33.0. The Bertz CT molecular complexity index is 1660. The van der Waals surface area contributed by atoms with E-state index in [0.717, 1.165) is 77.0 Å². The zero-order valence-electron chi connectivity index (χ0n) is 50.8. The summed E-state index contributed by atoms with van der Waals surface area (Å²) in [6.07, 6.45) is 87.8. The van der Waals surface area contributed by atoms with Crippen LogP contribution in [0.3, 0.4) is 0 Å². The summed E-state index contributed by atoms with van der Waals surface area (Å²) in [7, 11) is -4.41. The summed E-state index contributed by atoms with van der Waals surface area (Å²) in [6.45, 7) is 3.46. The van der Waals surface area contributed by atoms with Crippen LogP contribution in [0.25, 0.3) is 0 Å². The first-order valence-electron chi connectivity index (χ1n) is 32.4. The molecule has 3 N–H and O–H groups in total. The fourth-order valence-corrected chi connectivity index (χ4v) is 9.73. The number of unbranched alkanes of at least 4 members (excludes halogenated alkanes) is 29. The van der Waals surface area contributed by atoms with E-state index in [4.69, 9.17) is 24.3 Å². The molecule has 9 nitrogen and oxygen atoms in total. The summed E-state index contributed by atoms with van der Waals surface area (Å²) in [5, 5.41) is 0.